The fourth-order valence-electron chi connectivity index (χ4n) is 2.26. The van der Waals surface area contributed by atoms with E-state index in [-0.39, 0.29) is 12.1 Å². The SMILES string of the molecule is CC(CCc1ccccc1)NC(=O)NCCCn1ccnc1. The molecular weight excluding hydrogens is 276 g/mol. The van der Waals surface area contributed by atoms with E-state index in [2.05, 4.69) is 27.8 Å². The molecule has 5 nitrogen and oxygen atoms in total. The van der Waals surface area contributed by atoms with Gasteiger partial charge in [0.05, 0.1) is 6.33 Å². The van der Waals surface area contributed by atoms with Crippen LogP contribution in [0.2, 0.25) is 0 Å². The molecule has 0 spiro atoms. The van der Waals surface area contributed by atoms with Gasteiger partial charge in [0.2, 0.25) is 0 Å². The van der Waals surface area contributed by atoms with E-state index >= 15 is 0 Å². The number of hydrogen-bond donors (Lipinski definition) is 2. The van der Waals surface area contributed by atoms with Gasteiger partial charge >= 0.3 is 6.03 Å². The first-order valence-corrected chi connectivity index (χ1v) is 7.78. The summed E-state index contributed by atoms with van der Waals surface area (Å²) in [6, 6.07) is 10.4. The van der Waals surface area contributed by atoms with Crippen LogP contribution in [0.3, 0.4) is 0 Å². The molecule has 1 atom stereocenters. The third kappa shape index (κ3) is 5.99. The van der Waals surface area contributed by atoms with Gasteiger partial charge in [-0.3, -0.25) is 0 Å². The van der Waals surface area contributed by atoms with E-state index in [9.17, 15) is 4.79 Å². The van der Waals surface area contributed by atoms with Gasteiger partial charge in [0, 0.05) is 31.5 Å². The van der Waals surface area contributed by atoms with Gasteiger partial charge in [-0.2, -0.15) is 0 Å². The number of imidazole rings is 1. The highest BCUT2D eigenvalue weighted by Crippen LogP contribution is 2.04. The molecule has 22 heavy (non-hydrogen) atoms. The minimum absolute atomic E-state index is 0.0915. The summed E-state index contributed by atoms with van der Waals surface area (Å²) in [5, 5.41) is 5.86. The lowest BCUT2D eigenvalue weighted by Crippen LogP contribution is -2.41. The van der Waals surface area contributed by atoms with Crippen molar-refractivity contribution in [3.05, 3.63) is 54.6 Å². The van der Waals surface area contributed by atoms with E-state index < -0.39 is 0 Å². The summed E-state index contributed by atoms with van der Waals surface area (Å²) in [5.41, 5.74) is 1.30. The van der Waals surface area contributed by atoms with Crippen molar-refractivity contribution >= 4 is 6.03 Å². The molecule has 0 aliphatic rings. The third-order valence-electron chi connectivity index (χ3n) is 3.52. The Hall–Kier alpha value is -2.30. The Kier molecular flexibility index (Phi) is 6.48. The van der Waals surface area contributed by atoms with Crippen LogP contribution in [0.15, 0.2) is 49.1 Å². The lowest BCUT2D eigenvalue weighted by molar-refractivity contribution is 0.237. The van der Waals surface area contributed by atoms with E-state index in [1.807, 2.05) is 35.9 Å². The Labute approximate surface area is 131 Å². The summed E-state index contributed by atoms with van der Waals surface area (Å²) in [4.78, 5) is 15.8. The Morgan fingerprint density at radius 3 is 2.86 bits per heavy atom. The minimum Gasteiger partial charge on any atom is -0.338 e. The molecule has 2 N–H and O–H groups in total. The van der Waals surface area contributed by atoms with E-state index in [4.69, 9.17) is 0 Å². The van der Waals surface area contributed by atoms with E-state index in [0.29, 0.717) is 6.54 Å². The molecular formula is C17H24N4O. The van der Waals surface area contributed by atoms with Gasteiger partial charge in [-0.05, 0) is 31.7 Å². The van der Waals surface area contributed by atoms with Crippen molar-refractivity contribution in [2.45, 2.75) is 38.8 Å². The fraction of sp³-hybridized carbons (Fsp3) is 0.412. The number of nitrogens with zero attached hydrogens (tertiary/aromatic N) is 2. The molecule has 2 amide bonds. The van der Waals surface area contributed by atoms with E-state index in [1.165, 1.54) is 5.56 Å². The lowest BCUT2D eigenvalue weighted by atomic mass is 10.1. The molecule has 0 radical (unpaired) electrons. The van der Waals surface area contributed by atoms with Crippen LogP contribution in [0.4, 0.5) is 4.79 Å². The monoisotopic (exact) mass is 300 g/mol. The minimum atomic E-state index is -0.0915. The second-order valence-electron chi connectivity index (χ2n) is 5.48. The summed E-state index contributed by atoms with van der Waals surface area (Å²) in [5.74, 6) is 0. The predicted molar refractivity (Wildman–Crippen MR) is 87.6 cm³/mol. The first kappa shape index (κ1) is 16.1. The van der Waals surface area contributed by atoms with Gasteiger partial charge in [0.15, 0.2) is 0 Å². The summed E-state index contributed by atoms with van der Waals surface area (Å²) in [6.07, 6.45) is 8.27. The van der Waals surface area contributed by atoms with Crippen LogP contribution in [-0.2, 0) is 13.0 Å². The van der Waals surface area contributed by atoms with Crippen LogP contribution in [-0.4, -0.2) is 28.2 Å². The van der Waals surface area contributed by atoms with Gasteiger partial charge in [-0.25, -0.2) is 9.78 Å². The molecule has 5 heteroatoms. The molecule has 2 aromatic rings. The van der Waals surface area contributed by atoms with Crippen LogP contribution in [0, 0.1) is 0 Å². The zero-order valence-corrected chi connectivity index (χ0v) is 13.0. The van der Waals surface area contributed by atoms with Crippen LogP contribution in [0.5, 0.6) is 0 Å². The molecule has 0 aliphatic heterocycles. The molecule has 0 aliphatic carbocycles. The molecule has 1 heterocycles. The fourth-order valence-corrected chi connectivity index (χ4v) is 2.26. The highest BCUT2D eigenvalue weighted by molar-refractivity contribution is 5.74. The maximum atomic E-state index is 11.8. The summed E-state index contributed by atoms with van der Waals surface area (Å²) < 4.78 is 2.00. The van der Waals surface area contributed by atoms with Gasteiger partial charge in [-0.15, -0.1) is 0 Å². The second-order valence-corrected chi connectivity index (χ2v) is 5.48. The molecule has 1 aromatic carbocycles. The standard InChI is InChI=1S/C17H24N4O/c1-15(8-9-16-6-3-2-4-7-16)20-17(22)19-10-5-12-21-13-11-18-14-21/h2-4,6-7,11,13-15H,5,8-10,12H2,1H3,(H2,19,20,22). The van der Waals surface area contributed by atoms with Crippen molar-refractivity contribution in [3.8, 4) is 0 Å². The summed E-state index contributed by atoms with van der Waals surface area (Å²) in [7, 11) is 0. The average Bonchev–Trinajstić information content (AvgIpc) is 3.04. The number of hydrogen-bond acceptors (Lipinski definition) is 2. The van der Waals surface area contributed by atoms with Gasteiger partial charge in [0.1, 0.15) is 0 Å². The Balaban J connectivity index is 1.56. The van der Waals surface area contributed by atoms with Crippen molar-refractivity contribution in [1.82, 2.24) is 20.2 Å². The number of urea groups is 1. The molecule has 0 saturated heterocycles. The van der Waals surface area contributed by atoms with Gasteiger partial charge < -0.3 is 15.2 Å². The summed E-state index contributed by atoms with van der Waals surface area (Å²) in [6.45, 7) is 3.56. The number of aryl methyl sites for hydroxylation is 2. The van der Waals surface area contributed by atoms with Gasteiger partial charge in [-0.1, -0.05) is 30.3 Å². The molecule has 1 unspecified atom stereocenters. The molecule has 118 valence electrons. The molecule has 0 saturated carbocycles. The molecule has 1 aromatic heterocycles. The quantitative estimate of drug-likeness (QED) is 0.736. The maximum absolute atomic E-state index is 11.8. The van der Waals surface area contributed by atoms with Crippen molar-refractivity contribution < 1.29 is 4.79 Å². The Morgan fingerprint density at radius 2 is 2.14 bits per heavy atom. The van der Waals surface area contributed by atoms with Crippen LogP contribution < -0.4 is 10.6 Å². The lowest BCUT2D eigenvalue weighted by Gasteiger charge is -2.14. The number of benzene rings is 1. The zero-order valence-electron chi connectivity index (χ0n) is 13.0. The zero-order chi connectivity index (χ0) is 15.6. The highest BCUT2D eigenvalue weighted by Gasteiger charge is 2.06. The number of carbonyl (C=O) groups is 1. The number of nitrogens with one attached hydrogen (secondary N) is 2. The second kappa shape index (κ2) is 8.87. The largest absolute Gasteiger partial charge is 0.338 e. The van der Waals surface area contributed by atoms with Crippen LogP contribution in [0.25, 0.3) is 0 Å². The topological polar surface area (TPSA) is 59.0 Å². The number of carbonyl (C=O) groups excluding carboxylic acids is 1. The Morgan fingerprint density at radius 1 is 1.32 bits per heavy atom. The van der Waals surface area contributed by atoms with Crippen molar-refractivity contribution in [1.29, 1.82) is 0 Å². The molecule has 0 bridgehead atoms. The smallest absolute Gasteiger partial charge is 0.314 e. The van der Waals surface area contributed by atoms with E-state index in [0.717, 1.165) is 25.8 Å². The molecule has 2 rings (SSSR count). The highest BCUT2D eigenvalue weighted by atomic mass is 16.2. The first-order chi connectivity index (χ1) is 10.7. The maximum Gasteiger partial charge on any atom is 0.314 e. The number of rotatable bonds is 8. The predicted octanol–water partition coefficient (Wildman–Crippen LogP) is 2.59. The normalized spacial score (nSPS) is 11.9. The van der Waals surface area contributed by atoms with Crippen LogP contribution >= 0.6 is 0 Å². The third-order valence-corrected chi connectivity index (χ3v) is 3.52. The Bertz CT molecular complexity index is 539. The average molecular weight is 300 g/mol. The van der Waals surface area contributed by atoms with Crippen LogP contribution in [0.1, 0.15) is 25.3 Å². The van der Waals surface area contributed by atoms with Crippen molar-refractivity contribution in [2.75, 3.05) is 6.54 Å². The molecule has 0 fully saturated rings. The van der Waals surface area contributed by atoms with E-state index in [1.54, 1.807) is 12.5 Å². The van der Waals surface area contributed by atoms with Crippen molar-refractivity contribution in [3.63, 3.8) is 0 Å². The first-order valence-electron chi connectivity index (χ1n) is 7.78. The summed E-state index contributed by atoms with van der Waals surface area (Å²) >= 11 is 0. The number of aromatic nitrogens is 2. The van der Waals surface area contributed by atoms with Crippen molar-refractivity contribution in [2.24, 2.45) is 0 Å². The number of amides is 2. The van der Waals surface area contributed by atoms with Gasteiger partial charge in [0.25, 0.3) is 0 Å².